The Balaban J connectivity index is 2.07. The standard InChI is InChI=1S/C17H24N2O3/c1-12(18-13(2)20)17(21)19-10-6-8-15(19)11-14-7-4-5-9-16(14)22-3/h4-5,7,9,12,15H,6,8,10-11H2,1-3H3,(H,18,20)/t12-,15-/m0/s1. The third-order valence-corrected chi connectivity index (χ3v) is 4.10. The normalized spacial score (nSPS) is 18.9. The van der Waals surface area contributed by atoms with Crippen molar-refractivity contribution in [3.63, 3.8) is 0 Å². The van der Waals surface area contributed by atoms with Gasteiger partial charge in [-0.1, -0.05) is 18.2 Å². The number of hydrogen-bond acceptors (Lipinski definition) is 3. The number of amides is 2. The highest BCUT2D eigenvalue weighted by molar-refractivity contribution is 5.86. The van der Waals surface area contributed by atoms with Crippen LogP contribution in [0.25, 0.3) is 0 Å². The summed E-state index contributed by atoms with van der Waals surface area (Å²) in [6.07, 6.45) is 2.76. The maximum atomic E-state index is 12.5. The molecule has 22 heavy (non-hydrogen) atoms. The van der Waals surface area contributed by atoms with Crippen molar-refractivity contribution in [2.45, 2.75) is 45.2 Å². The fourth-order valence-electron chi connectivity index (χ4n) is 3.08. The zero-order chi connectivity index (χ0) is 16.1. The van der Waals surface area contributed by atoms with Gasteiger partial charge in [0.1, 0.15) is 11.8 Å². The van der Waals surface area contributed by atoms with Crippen molar-refractivity contribution in [2.24, 2.45) is 0 Å². The second-order valence-corrected chi connectivity index (χ2v) is 5.77. The highest BCUT2D eigenvalue weighted by atomic mass is 16.5. The number of rotatable bonds is 5. The lowest BCUT2D eigenvalue weighted by atomic mass is 10.0. The number of benzene rings is 1. The number of carbonyl (C=O) groups excluding carboxylic acids is 2. The van der Waals surface area contributed by atoms with Crippen molar-refractivity contribution in [1.29, 1.82) is 0 Å². The van der Waals surface area contributed by atoms with Crippen molar-refractivity contribution in [3.8, 4) is 5.75 Å². The summed E-state index contributed by atoms with van der Waals surface area (Å²) in [4.78, 5) is 25.5. The summed E-state index contributed by atoms with van der Waals surface area (Å²) in [7, 11) is 1.66. The molecule has 2 rings (SSSR count). The molecular weight excluding hydrogens is 280 g/mol. The minimum Gasteiger partial charge on any atom is -0.496 e. The summed E-state index contributed by atoms with van der Waals surface area (Å²) in [6.45, 7) is 3.92. The SMILES string of the molecule is COc1ccccc1C[C@@H]1CCCN1C(=O)[C@H](C)NC(C)=O. The Morgan fingerprint density at radius 3 is 2.82 bits per heavy atom. The van der Waals surface area contributed by atoms with E-state index in [0.29, 0.717) is 0 Å². The van der Waals surface area contributed by atoms with E-state index in [2.05, 4.69) is 5.32 Å². The van der Waals surface area contributed by atoms with Gasteiger partial charge in [-0.15, -0.1) is 0 Å². The second-order valence-electron chi connectivity index (χ2n) is 5.77. The molecule has 0 bridgehead atoms. The average Bonchev–Trinajstić information content (AvgIpc) is 2.94. The third-order valence-electron chi connectivity index (χ3n) is 4.10. The molecule has 1 saturated heterocycles. The van der Waals surface area contributed by atoms with Crippen molar-refractivity contribution in [3.05, 3.63) is 29.8 Å². The van der Waals surface area contributed by atoms with E-state index in [4.69, 9.17) is 4.74 Å². The van der Waals surface area contributed by atoms with Gasteiger partial charge < -0.3 is 15.0 Å². The summed E-state index contributed by atoms with van der Waals surface area (Å²) in [5.74, 6) is 0.672. The quantitative estimate of drug-likeness (QED) is 0.901. The number of para-hydroxylation sites is 1. The molecule has 1 aliphatic rings. The predicted octanol–water partition coefficient (Wildman–Crippen LogP) is 1.75. The Labute approximate surface area is 131 Å². The van der Waals surface area contributed by atoms with E-state index in [-0.39, 0.29) is 17.9 Å². The molecule has 5 heteroatoms. The van der Waals surface area contributed by atoms with Crippen molar-refractivity contribution in [2.75, 3.05) is 13.7 Å². The molecule has 1 aromatic carbocycles. The van der Waals surface area contributed by atoms with Gasteiger partial charge in [0.05, 0.1) is 7.11 Å². The van der Waals surface area contributed by atoms with Crippen LogP contribution in [0.4, 0.5) is 0 Å². The number of nitrogens with zero attached hydrogens (tertiary/aromatic N) is 1. The van der Waals surface area contributed by atoms with Gasteiger partial charge in [0.2, 0.25) is 11.8 Å². The van der Waals surface area contributed by atoms with Crippen LogP contribution in [-0.4, -0.2) is 42.5 Å². The molecule has 0 radical (unpaired) electrons. The van der Waals surface area contributed by atoms with E-state index in [1.807, 2.05) is 29.2 Å². The first kappa shape index (κ1) is 16.3. The smallest absolute Gasteiger partial charge is 0.245 e. The Morgan fingerprint density at radius 2 is 2.14 bits per heavy atom. The fourth-order valence-corrected chi connectivity index (χ4v) is 3.08. The molecule has 120 valence electrons. The highest BCUT2D eigenvalue weighted by Crippen LogP contribution is 2.26. The number of methoxy groups -OCH3 is 1. The average molecular weight is 304 g/mol. The maximum absolute atomic E-state index is 12.5. The summed E-state index contributed by atoms with van der Waals surface area (Å²) in [5, 5.41) is 2.67. The van der Waals surface area contributed by atoms with Crippen molar-refractivity contribution in [1.82, 2.24) is 10.2 Å². The van der Waals surface area contributed by atoms with Gasteiger partial charge in [-0.25, -0.2) is 0 Å². The molecule has 0 unspecified atom stereocenters. The number of nitrogens with one attached hydrogen (secondary N) is 1. The van der Waals surface area contributed by atoms with Crippen molar-refractivity contribution >= 4 is 11.8 Å². The highest BCUT2D eigenvalue weighted by Gasteiger charge is 2.32. The number of carbonyl (C=O) groups is 2. The van der Waals surface area contributed by atoms with Gasteiger partial charge in [0.25, 0.3) is 0 Å². The Kier molecular flexibility index (Phi) is 5.41. The van der Waals surface area contributed by atoms with Crippen LogP contribution in [0.1, 0.15) is 32.3 Å². The van der Waals surface area contributed by atoms with Gasteiger partial charge in [0.15, 0.2) is 0 Å². The number of hydrogen-bond donors (Lipinski definition) is 1. The zero-order valence-corrected chi connectivity index (χ0v) is 13.5. The van der Waals surface area contributed by atoms with Crippen LogP contribution in [0.2, 0.25) is 0 Å². The molecule has 1 heterocycles. The van der Waals surface area contributed by atoms with Crippen LogP contribution in [0.3, 0.4) is 0 Å². The Bertz CT molecular complexity index is 544. The largest absolute Gasteiger partial charge is 0.496 e. The van der Waals surface area contributed by atoms with Crippen LogP contribution in [-0.2, 0) is 16.0 Å². The summed E-state index contributed by atoms with van der Waals surface area (Å²) in [5.41, 5.74) is 1.11. The van der Waals surface area contributed by atoms with Gasteiger partial charge in [-0.3, -0.25) is 9.59 Å². The maximum Gasteiger partial charge on any atom is 0.245 e. The molecule has 1 N–H and O–H groups in total. The Morgan fingerprint density at radius 1 is 1.41 bits per heavy atom. The molecule has 0 saturated carbocycles. The number of ether oxygens (including phenoxy) is 1. The molecule has 2 atom stereocenters. The van der Waals surface area contributed by atoms with Gasteiger partial charge in [0, 0.05) is 19.5 Å². The topological polar surface area (TPSA) is 58.6 Å². The van der Waals surface area contributed by atoms with Crippen LogP contribution in [0, 0.1) is 0 Å². The first-order chi connectivity index (χ1) is 10.5. The molecular formula is C17H24N2O3. The van der Waals surface area contributed by atoms with E-state index in [9.17, 15) is 9.59 Å². The Hall–Kier alpha value is -2.04. The number of likely N-dealkylation sites (tertiary alicyclic amines) is 1. The van der Waals surface area contributed by atoms with Gasteiger partial charge in [-0.2, -0.15) is 0 Å². The molecule has 1 fully saturated rings. The van der Waals surface area contributed by atoms with E-state index in [1.165, 1.54) is 6.92 Å². The minimum absolute atomic E-state index is 0.00685. The van der Waals surface area contributed by atoms with E-state index in [1.54, 1.807) is 14.0 Å². The molecule has 0 aliphatic carbocycles. The van der Waals surface area contributed by atoms with Crippen LogP contribution in [0.15, 0.2) is 24.3 Å². The van der Waals surface area contributed by atoms with Crippen LogP contribution >= 0.6 is 0 Å². The summed E-state index contributed by atoms with van der Waals surface area (Å²) >= 11 is 0. The first-order valence-corrected chi connectivity index (χ1v) is 7.72. The van der Waals surface area contributed by atoms with Crippen molar-refractivity contribution < 1.29 is 14.3 Å². The van der Waals surface area contributed by atoms with E-state index in [0.717, 1.165) is 37.1 Å². The fraction of sp³-hybridized carbons (Fsp3) is 0.529. The molecule has 0 aromatic heterocycles. The zero-order valence-electron chi connectivity index (χ0n) is 13.5. The lowest BCUT2D eigenvalue weighted by Gasteiger charge is -2.28. The minimum atomic E-state index is -0.476. The third kappa shape index (κ3) is 3.78. The summed E-state index contributed by atoms with van der Waals surface area (Å²) in [6, 6.07) is 7.60. The molecule has 1 aliphatic heterocycles. The van der Waals surface area contributed by atoms with E-state index < -0.39 is 6.04 Å². The molecule has 5 nitrogen and oxygen atoms in total. The van der Waals surface area contributed by atoms with Gasteiger partial charge in [-0.05, 0) is 37.8 Å². The molecule has 0 spiro atoms. The first-order valence-electron chi connectivity index (χ1n) is 7.72. The van der Waals surface area contributed by atoms with Crippen LogP contribution < -0.4 is 10.1 Å². The lowest BCUT2D eigenvalue weighted by Crippen LogP contribution is -2.48. The lowest BCUT2D eigenvalue weighted by molar-refractivity contribution is -0.136. The van der Waals surface area contributed by atoms with Gasteiger partial charge >= 0.3 is 0 Å². The van der Waals surface area contributed by atoms with E-state index >= 15 is 0 Å². The molecule has 1 aromatic rings. The second kappa shape index (κ2) is 7.29. The summed E-state index contributed by atoms with van der Waals surface area (Å²) < 4.78 is 5.39. The van der Waals surface area contributed by atoms with Crippen LogP contribution in [0.5, 0.6) is 5.75 Å². The monoisotopic (exact) mass is 304 g/mol. The predicted molar refractivity (Wildman–Crippen MR) is 84.7 cm³/mol. The molecule has 2 amide bonds.